The van der Waals surface area contributed by atoms with Crippen molar-refractivity contribution < 1.29 is 97.1 Å². The van der Waals surface area contributed by atoms with Gasteiger partial charge in [0.05, 0.1) is 14.4 Å². The van der Waals surface area contributed by atoms with Crippen LogP contribution in [0.4, 0.5) is 0 Å². The van der Waals surface area contributed by atoms with Crippen LogP contribution < -0.4 is 68.9 Å². The number of phosphoric ester groups is 1. The van der Waals surface area contributed by atoms with E-state index < -0.39 is 39.1 Å². The Morgan fingerprint density at radius 1 is 0.707 bits per heavy atom. The Labute approximate surface area is 290 Å². The summed E-state index contributed by atoms with van der Waals surface area (Å²) in [5, 5.41) is 0. The normalized spacial score (nSPS) is 9.85. The van der Waals surface area contributed by atoms with E-state index in [4.69, 9.17) is 9.47 Å². The number of phosphoric acid groups is 1. The monoisotopic (exact) mass is 602 g/mol. The number of unbranched alkanes of at least 4 members (excludes halogenated alkanes) is 11. The van der Waals surface area contributed by atoms with Gasteiger partial charge in [-0.05, 0) is 60.7 Å². The summed E-state index contributed by atoms with van der Waals surface area (Å²) in [7, 11) is -5.31. The summed E-state index contributed by atoms with van der Waals surface area (Å²) in [5.74, 6) is 22.2. The fourth-order valence-corrected chi connectivity index (χ4v) is 3.53. The van der Waals surface area contributed by atoms with Crippen LogP contribution in [0.2, 0.25) is 0 Å². The van der Waals surface area contributed by atoms with Crippen molar-refractivity contribution in [2.24, 2.45) is 0 Å². The molecular weight excluding hydrogens is 565 g/mol. The second-order valence-corrected chi connectivity index (χ2v) is 9.62. The third-order valence-corrected chi connectivity index (χ3v) is 5.54. The van der Waals surface area contributed by atoms with Gasteiger partial charge in [0.1, 0.15) is 6.61 Å². The topological polar surface area (TPSA) is 125 Å². The fraction of sp³-hybridized carbons (Fsp3) is 0.600. The maximum absolute atomic E-state index is 12.1. The Balaban J connectivity index is -0.00000722. The molecule has 0 N–H and O–H groups in total. The zero-order valence-corrected chi connectivity index (χ0v) is 29.8. The molecule has 41 heavy (non-hydrogen) atoms. The van der Waals surface area contributed by atoms with Gasteiger partial charge in [-0.2, -0.15) is 0 Å². The number of hydrogen-bond acceptors (Lipinski definition) is 8. The van der Waals surface area contributed by atoms with Gasteiger partial charge in [0, 0.05) is 12.3 Å². The van der Waals surface area contributed by atoms with Crippen LogP contribution in [0, 0.1) is 59.2 Å². The molecule has 0 saturated carbocycles. The van der Waals surface area contributed by atoms with Crippen LogP contribution in [0.25, 0.3) is 0 Å². The van der Waals surface area contributed by atoms with Gasteiger partial charge in [0.25, 0.3) is 0 Å². The molecule has 0 aliphatic rings. The molecule has 0 aromatic rings. The van der Waals surface area contributed by atoms with Crippen molar-refractivity contribution >= 4 is 19.8 Å². The van der Waals surface area contributed by atoms with E-state index in [1.165, 1.54) is 51.4 Å². The van der Waals surface area contributed by atoms with Gasteiger partial charge in [-0.3, -0.25) is 4.79 Å². The third kappa shape index (κ3) is 35.0. The van der Waals surface area contributed by atoms with E-state index in [0.29, 0.717) is 6.42 Å². The molecule has 8 nitrogen and oxygen atoms in total. The SMILES string of the molecule is CC#CC#CC#CC#CC#CC(=O)OC[C@H](COP(=O)([O-])[O-])OC(=O)CCCCCCCCCCCCCC.[Na+].[Na+]. The zero-order valence-electron chi connectivity index (χ0n) is 24.9. The summed E-state index contributed by atoms with van der Waals surface area (Å²) in [6, 6.07) is 0. The van der Waals surface area contributed by atoms with Crippen molar-refractivity contribution in [3.05, 3.63) is 0 Å². The summed E-state index contributed by atoms with van der Waals surface area (Å²) >= 11 is 0. The number of ether oxygens (including phenoxy) is 2. The number of rotatable bonds is 19. The van der Waals surface area contributed by atoms with Gasteiger partial charge < -0.3 is 28.3 Å². The first-order chi connectivity index (χ1) is 18.8. The molecule has 0 aliphatic carbocycles. The summed E-state index contributed by atoms with van der Waals surface area (Å²) < 4.78 is 25.0. The van der Waals surface area contributed by atoms with Crippen molar-refractivity contribution in [3.63, 3.8) is 0 Å². The van der Waals surface area contributed by atoms with Crippen LogP contribution in [0.1, 0.15) is 97.3 Å². The van der Waals surface area contributed by atoms with E-state index in [1.54, 1.807) is 6.92 Å². The molecule has 0 aromatic carbocycles. The van der Waals surface area contributed by atoms with Crippen molar-refractivity contribution in [1.82, 2.24) is 0 Å². The van der Waals surface area contributed by atoms with Gasteiger partial charge in [0.15, 0.2) is 6.10 Å². The molecule has 0 unspecified atom stereocenters. The molecule has 0 aromatic heterocycles. The second kappa shape index (κ2) is 31.8. The van der Waals surface area contributed by atoms with E-state index in [0.717, 1.165) is 19.3 Å². The van der Waals surface area contributed by atoms with Crippen LogP contribution >= 0.6 is 7.82 Å². The average molecular weight is 603 g/mol. The summed E-state index contributed by atoms with van der Waals surface area (Å²) in [4.78, 5) is 45.5. The summed E-state index contributed by atoms with van der Waals surface area (Å²) in [6.45, 7) is 2.54. The van der Waals surface area contributed by atoms with Crippen LogP contribution in [-0.2, 0) is 28.2 Å². The Morgan fingerprint density at radius 3 is 1.66 bits per heavy atom. The van der Waals surface area contributed by atoms with Crippen molar-refractivity contribution in [3.8, 4) is 59.2 Å². The van der Waals surface area contributed by atoms with E-state index in [2.05, 4.69) is 70.7 Å². The predicted octanol–water partition coefficient (Wildman–Crippen LogP) is -2.58. The predicted molar refractivity (Wildman–Crippen MR) is 145 cm³/mol. The molecule has 0 saturated heterocycles. The van der Waals surface area contributed by atoms with E-state index >= 15 is 0 Å². The molecule has 0 radical (unpaired) electrons. The number of hydrogen-bond donors (Lipinski definition) is 0. The molecule has 0 amide bonds. The Bertz CT molecular complexity index is 1090. The Kier molecular flexibility index (Phi) is 34.3. The van der Waals surface area contributed by atoms with Crippen LogP contribution in [0.3, 0.4) is 0 Å². The molecule has 0 heterocycles. The largest absolute Gasteiger partial charge is 1.00 e. The molecule has 0 fully saturated rings. The minimum absolute atomic E-state index is 0. The second-order valence-electron chi connectivity index (χ2n) is 8.47. The summed E-state index contributed by atoms with van der Waals surface area (Å²) in [6.07, 6.45) is 12.6. The molecule has 0 bridgehead atoms. The molecule has 0 rings (SSSR count). The Hall–Kier alpha value is -1.15. The Morgan fingerprint density at radius 2 is 1.17 bits per heavy atom. The minimum atomic E-state index is -5.31. The summed E-state index contributed by atoms with van der Waals surface area (Å²) in [5.41, 5.74) is 0. The van der Waals surface area contributed by atoms with E-state index in [1.807, 2.05) is 0 Å². The number of esters is 2. The van der Waals surface area contributed by atoms with Crippen LogP contribution in [0.5, 0.6) is 0 Å². The third-order valence-electron chi connectivity index (χ3n) is 5.08. The molecule has 212 valence electrons. The number of carbonyl (C=O) groups excluding carboxylic acids is 2. The molecular formula is C30H37Na2O8P. The molecule has 0 spiro atoms. The maximum atomic E-state index is 12.1. The molecule has 0 aliphatic heterocycles. The van der Waals surface area contributed by atoms with Crippen molar-refractivity contribution in [1.29, 1.82) is 0 Å². The van der Waals surface area contributed by atoms with Gasteiger partial charge >= 0.3 is 71.1 Å². The minimum Gasteiger partial charge on any atom is -0.790 e. The van der Waals surface area contributed by atoms with Gasteiger partial charge in [-0.25, -0.2) is 4.79 Å². The first-order valence-electron chi connectivity index (χ1n) is 13.2. The van der Waals surface area contributed by atoms with Gasteiger partial charge in [-0.1, -0.05) is 83.5 Å². The van der Waals surface area contributed by atoms with Crippen molar-refractivity contribution in [2.75, 3.05) is 13.2 Å². The fourth-order valence-electron chi connectivity index (χ4n) is 3.18. The standard InChI is InChI=1S/C30H39O8P.2Na/c1-3-5-7-9-11-13-14-15-17-19-21-23-25-30(32)38-28(27-37-39(33,34)35)26-36-29(31)24-22-20-18-16-12-10-8-6-4-2;;/h28H,3,5,7,9,11,13-15,17,19,21,23,25-27H2,1-2H3,(H2,33,34,35);;/q;2*+1/p-2/t28-;;/m1../s1. The van der Waals surface area contributed by atoms with E-state index in [9.17, 15) is 23.9 Å². The molecule has 1 atom stereocenters. The van der Waals surface area contributed by atoms with Gasteiger partial charge in [0.2, 0.25) is 0 Å². The molecule has 11 heteroatoms. The maximum Gasteiger partial charge on any atom is 1.00 e. The zero-order chi connectivity index (χ0) is 29.0. The first kappa shape index (κ1) is 44.3. The smallest absolute Gasteiger partial charge is 0.790 e. The van der Waals surface area contributed by atoms with Crippen LogP contribution in [0.15, 0.2) is 0 Å². The van der Waals surface area contributed by atoms with E-state index in [-0.39, 0.29) is 65.5 Å². The quantitative estimate of drug-likeness (QED) is 0.0395. The van der Waals surface area contributed by atoms with Gasteiger partial charge in [-0.15, -0.1) is 0 Å². The first-order valence-corrected chi connectivity index (χ1v) is 14.7. The van der Waals surface area contributed by atoms with Crippen molar-refractivity contribution in [2.45, 2.75) is 103 Å². The number of carbonyl (C=O) groups is 2. The van der Waals surface area contributed by atoms with Crippen LogP contribution in [-0.4, -0.2) is 31.3 Å². The average Bonchev–Trinajstić information content (AvgIpc) is 2.89.